The molecule has 1 aliphatic carbocycles. The van der Waals surface area contributed by atoms with Crippen LogP contribution in [0.1, 0.15) is 46.0 Å². The Morgan fingerprint density at radius 2 is 1.82 bits per heavy atom. The zero-order valence-electron chi connectivity index (χ0n) is 11.8. The molecule has 0 heterocycles. The molecular formula is C13H28IN3. The van der Waals surface area contributed by atoms with E-state index in [0.717, 1.165) is 19.0 Å². The Morgan fingerprint density at radius 1 is 1.24 bits per heavy atom. The first-order valence-corrected chi connectivity index (χ1v) is 6.59. The summed E-state index contributed by atoms with van der Waals surface area (Å²) in [5, 5.41) is 3.32. The molecule has 3 nitrogen and oxygen atoms in total. The number of halogens is 1. The average molecular weight is 353 g/mol. The van der Waals surface area contributed by atoms with Gasteiger partial charge >= 0.3 is 0 Å². The third-order valence-corrected chi connectivity index (χ3v) is 3.74. The summed E-state index contributed by atoms with van der Waals surface area (Å²) in [6, 6.07) is 0. The molecule has 0 aliphatic heterocycles. The lowest BCUT2D eigenvalue weighted by Crippen LogP contribution is -2.37. The maximum absolute atomic E-state index is 4.77. The molecule has 1 rings (SSSR count). The van der Waals surface area contributed by atoms with Crippen LogP contribution in [-0.4, -0.2) is 38.0 Å². The molecule has 0 aromatic heterocycles. The monoisotopic (exact) mass is 353 g/mol. The quantitative estimate of drug-likeness (QED) is 0.478. The van der Waals surface area contributed by atoms with E-state index in [2.05, 4.69) is 38.2 Å². The fourth-order valence-corrected chi connectivity index (χ4v) is 2.50. The summed E-state index contributed by atoms with van der Waals surface area (Å²) in [6.45, 7) is 6.35. The first kappa shape index (κ1) is 17.0. The number of nitrogens with one attached hydrogen (secondary N) is 1. The highest BCUT2D eigenvalue weighted by atomic mass is 127. The van der Waals surface area contributed by atoms with Gasteiger partial charge in [-0.3, -0.25) is 4.99 Å². The van der Waals surface area contributed by atoms with Crippen molar-refractivity contribution in [2.45, 2.75) is 46.0 Å². The van der Waals surface area contributed by atoms with Crippen LogP contribution in [0.5, 0.6) is 0 Å². The predicted octanol–water partition coefficient (Wildman–Crippen LogP) is 3.10. The molecule has 0 bridgehead atoms. The smallest absolute Gasteiger partial charge is 0.193 e. The van der Waals surface area contributed by atoms with Gasteiger partial charge in [0.25, 0.3) is 0 Å². The third kappa shape index (κ3) is 5.02. The van der Waals surface area contributed by atoms with E-state index in [4.69, 9.17) is 4.99 Å². The van der Waals surface area contributed by atoms with Crippen LogP contribution >= 0.6 is 24.0 Å². The Bertz CT molecular complexity index is 233. The topological polar surface area (TPSA) is 27.6 Å². The minimum absolute atomic E-state index is 0. The van der Waals surface area contributed by atoms with Crippen LogP contribution in [0.2, 0.25) is 0 Å². The van der Waals surface area contributed by atoms with E-state index >= 15 is 0 Å². The van der Waals surface area contributed by atoms with E-state index in [-0.39, 0.29) is 24.0 Å². The number of hydrogen-bond acceptors (Lipinski definition) is 1. The van der Waals surface area contributed by atoms with E-state index in [1.54, 1.807) is 0 Å². The summed E-state index contributed by atoms with van der Waals surface area (Å²) in [5.41, 5.74) is 0.497. The minimum Gasteiger partial charge on any atom is -0.357 e. The number of rotatable bonds is 4. The molecule has 0 unspecified atom stereocenters. The van der Waals surface area contributed by atoms with Crippen LogP contribution in [0.4, 0.5) is 0 Å². The molecule has 0 amide bonds. The van der Waals surface area contributed by atoms with Gasteiger partial charge in [0.2, 0.25) is 0 Å². The van der Waals surface area contributed by atoms with E-state index < -0.39 is 0 Å². The van der Waals surface area contributed by atoms with Crippen molar-refractivity contribution in [3.05, 3.63) is 0 Å². The summed E-state index contributed by atoms with van der Waals surface area (Å²) >= 11 is 0. The zero-order valence-corrected chi connectivity index (χ0v) is 14.1. The minimum atomic E-state index is 0. The molecule has 102 valence electrons. The fraction of sp³-hybridized carbons (Fsp3) is 0.923. The number of nitrogens with zero attached hydrogens (tertiary/aromatic N) is 2. The Hall–Kier alpha value is 0. The van der Waals surface area contributed by atoms with Gasteiger partial charge in [-0.2, -0.15) is 0 Å². The van der Waals surface area contributed by atoms with E-state index in [1.807, 2.05) is 0 Å². The van der Waals surface area contributed by atoms with Crippen molar-refractivity contribution in [1.29, 1.82) is 0 Å². The van der Waals surface area contributed by atoms with Gasteiger partial charge in [-0.25, -0.2) is 0 Å². The Morgan fingerprint density at radius 3 is 2.24 bits per heavy atom. The fourth-order valence-electron chi connectivity index (χ4n) is 2.50. The lowest BCUT2D eigenvalue weighted by Gasteiger charge is -2.26. The van der Waals surface area contributed by atoms with E-state index in [9.17, 15) is 0 Å². The Labute approximate surface area is 123 Å². The van der Waals surface area contributed by atoms with Gasteiger partial charge in [-0.15, -0.1) is 24.0 Å². The molecule has 0 saturated heterocycles. The molecule has 0 aromatic carbocycles. The van der Waals surface area contributed by atoms with Crippen molar-refractivity contribution in [3.8, 4) is 0 Å². The molecule has 1 N–H and O–H groups in total. The lowest BCUT2D eigenvalue weighted by molar-refractivity contribution is 0.296. The van der Waals surface area contributed by atoms with Crippen LogP contribution in [0.15, 0.2) is 4.99 Å². The van der Waals surface area contributed by atoms with Crippen molar-refractivity contribution in [3.63, 3.8) is 0 Å². The molecule has 1 saturated carbocycles. The first-order valence-electron chi connectivity index (χ1n) is 6.59. The first-order chi connectivity index (χ1) is 7.63. The standard InChI is InChI=1S/C13H27N3.HI/c1-5-13(9-7-8-10-13)11-15-12(14-6-2)16(3)4;/h5-11H2,1-4H3,(H,14,15);1H. The summed E-state index contributed by atoms with van der Waals surface area (Å²) in [7, 11) is 4.10. The van der Waals surface area contributed by atoms with Gasteiger partial charge in [-0.1, -0.05) is 19.8 Å². The second-order valence-corrected chi connectivity index (χ2v) is 5.13. The van der Waals surface area contributed by atoms with Gasteiger partial charge in [0.1, 0.15) is 0 Å². The highest BCUT2D eigenvalue weighted by Gasteiger charge is 2.31. The second kappa shape index (κ2) is 8.16. The number of aliphatic imine (C=N–C) groups is 1. The van der Waals surface area contributed by atoms with E-state index in [0.29, 0.717) is 5.41 Å². The van der Waals surface area contributed by atoms with Crippen LogP contribution < -0.4 is 5.32 Å². The molecule has 17 heavy (non-hydrogen) atoms. The number of guanidine groups is 1. The van der Waals surface area contributed by atoms with Crippen molar-refractivity contribution in [2.75, 3.05) is 27.2 Å². The lowest BCUT2D eigenvalue weighted by atomic mass is 9.84. The summed E-state index contributed by atoms with van der Waals surface area (Å²) in [6.07, 6.45) is 6.77. The molecule has 0 atom stereocenters. The third-order valence-electron chi connectivity index (χ3n) is 3.74. The summed E-state index contributed by atoms with van der Waals surface area (Å²) in [5.74, 6) is 1.03. The van der Waals surface area contributed by atoms with Crippen LogP contribution in [0.25, 0.3) is 0 Å². The van der Waals surface area contributed by atoms with Crippen molar-refractivity contribution >= 4 is 29.9 Å². The highest BCUT2D eigenvalue weighted by Crippen LogP contribution is 2.41. The van der Waals surface area contributed by atoms with Crippen molar-refractivity contribution < 1.29 is 0 Å². The summed E-state index contributed by atoms with van der Waals surface area (Å²) < 4.78 is 0. The molecule has 4 heteroatoms. The van der Waals surface area contributed by atoms with Gasteiger partial charge in [-0.05, 0) is 31.6 Å². The second-order valence-electron chi connectivity index (χ2n) is 5.13. The van der Waals surface area contributed by atoms with Crippen molar-refractivity contribution in [1.82, 2.24) is 10.2 Å². The average Bonchev–Trinajstić information content (AvgIpc) is 2.73. The van der Waals surface area contributed by atoms with Crippen molar-refractivity contribution in [2.24, 2.45) is 10.4 Å². The largest absolute Gasteiger partial charge is 0.357 e. The Kier molecular flexibility index (Phi) is 8.16. The van der Waals surface area contributed by atoms with Crippen LogP contribution in [-0.2, 0) is 0 Å². The van der Waals surface area contributed by atoms with E-state index in [1.165, 1.54) is 32.1 Å². The molecule has 1 fully saturated rings. The zero-order chi connectivity index (χ0) is 12.0. The van der Waals surface area contributed by atoms with Gasteiger partial charge in [0.05, 0.1) is 0 Å². The van der Waals surface area contributed by atoms with Gasteiger partial charge < -0.3 is 10.2 Å². The molecule has 0 aromatic rings. The maximum atomic E-state index is 4.77. The maximum Gasteiger partial charge on any atom is 0.193 e. The molecule has 0 radical (unpaired) electrons. The molecule has 1 aliphatic rings. The van der Waals surface area contributed by atoms with Crippen LogP contribution in [0, 0.1) is 5.41 Å². The van der Waals surface area contributed by atoms with Gasteiger partial charge in [0.15, 0.2) is 5.96 Å². The summed E-state index contributed by atoms with van der Waals surface area (Å²) in [4.78, 5) is 6.84. The predicted molar refractivity (Wildman–Crippen MR) is 86.3 cm³/mol. The Balaban J connectivity index is 0.00000256. The SMILES string of the molecule is CCNC(=NCC1(CC)CCCC1)N(C)C.I. The van der Waals surface area contributed by atoms with Gasteiger partial charge in [0, 0.05) is 27.2 Å². The number of hydrogen-bond donors (Lipinski definition) is 1. The van der Waals surface area contributed by atoms with Crippen LogP contribution in [0.3, 0.4) is 0 Å². The highest BCUT2D eigenvalue weighted by molar-refractivity contribution is 14.0. The molecule has 0 spiro atoms. The normalized spacial score (nSPS) is 18.7. The molecular weight excluding hydrogens is 325 g/mol.